The van der Waals surface area contributed by atoms with Crippen LogP contribution in [-0.4, -0.2) is 9.97 Å². The molecule has 0 aliphatic heterocycles. The summed E-state index contributed by atoms with van der Waals surface area (Å²) in [4.78, 5) is 7.57. The Morgan fingerprint density at radius 2 is 0.463 bits per heavy atom. The number of hydrogen-bond donors (Lipinski definition) is 0. The van der Waals surface area contributed by atoms with E-state index in [9.17, 15) is 0 Å². The summed E-state index contributed by atoms with van der Waals surface area (Å²) in [5, 5.41) is 4.99. The molecular weight excluding hydrogens is 1140 g/mol. The van der Waals surface area contributed by atoms with Gasteiger partial charge in [-0.3, -0.25) is 9.97 Å². The second-order valence-electron chi connectivity index (χ2n) is 10.1. The largest absolute Gasteiger partial charge is 0.265 e. The van der Waals surface area contributed by atoms with Crippen molar-refractivity contribution in [3.63, 3.8) is 0 Å². The molecule has 16 heteroatoms. The Morgan fingerprint density at radius 3 is 0.574 bits per heavy atom. The van der Waals surface area contributed by atoms with Gasteiger partial charge in [-0.1, -0.05) is 84.9 Å². The maximum absolute atomic E-state index is 8.49. The molecular formula is C38H38Au2Cl2N2O8P2-4. The van der Waals surface area contributed by atoms with E-state index in [1.807, 2.05) is 109 Å². The molecule has 0 unspecified atom stereocenters. The fraction of sp³-hybridized carbons (Fsp3) is 0. The summed E-state index contributed by atoms with van der Waals surface area (Å²) in [7, 11) is -13.2. The van der Waals surface area contributed by atoms with Crippen LogP contribution >= 0.6 is 14.5 Å². The fourth-order valence-electron chi connectivity index (χ4n) is 3.78. The number of aromatic nitrogens is 2. The first-order valence-corrected chi connectivity index (χ1v) is 21.5. The van der Waals surface area contributed by atoms with Crippen molar-refractivity contribution in [2.75, 3.05) is 0 Å². The van der Waals surface area contributed by atoms with Gasteiger partial charge in [0.15, 0.2) is 0 Å². The van der Waals surface area contributed by atoms with Gasteiger partial charge in [0.2, 0.25) is 0 Å². The quantitative estimate of drug-likeness (QED) is 0.121. The zero-order valence-electron chi connectivity index (χ0n) is 28.6. The van der Waals surface area contributed by atoms with Crippen molar-refractivity contribution in [3.8, 4) is 0 Å². The standard InChI is InChI=1S/2C14H14P.2C5H5N.2Au.2ClHO4/c2*1-15(2,13-9-5-3-6-10-13)14-11-7-4-8-12-14;2*1-2-4-6-5-3-1;;;2*2-1(3,4)5/h2*3-12H,1-2H2;2*1-5H;;;2*(H,2,3,4,5)/q2*-1;;;;;;/p-2. The molecule has 54 heavy (non-hydrogen) atoms. The topological polar surface area (TPSA) is 210 Å². The van der Waals surface area contributed by atoms with Crippen LogP contribution in [0.1, 0.15) is 0 Å². The van der Waals surface area contributed by atoms with E-state index in [4.69, 9.17) is 37.3 Å². The first kappa shape index (κ1) is 53.9. The van der Waals surface area contributed by atoms with Crippen molar-refractivity contribution in [3.05, 3.63) is 209 Å². The van der Waals surface area contributed by atoms with Crippen LogP contribution in [0.5, 0.6) is 0 Å². The third kappa shape index (κ3) is 27.4. The SMILES string of the molecule is [Au].[Au].[CH2-][P+]([CH2-])(c1ccccc1)c1ccccc1.[CH2-][P+]([CH2-])(c1ccccc1)c1ccccc1.[O-][Cl+3]([O-])([O-])[O-].[O-][Cl+3]([O-])([O-])[O-].c1ccncc1.c1ccncc1. The van der Waals surface area contributed by atoms with Crippen LogP contribution in [0.15, 0.2) is 183 Å². The monoisotopic (exact) mass is 1180 g/mol. The molecule has 298 valence electrons. The average Bonchev–Trinajstić information content (AvgIpc) is 3.14. The Kier molecular flexibility index (Phi) is 29.0. The van der Waals surface area contributed by atoms with Crippen LogP contribution in [0.3, 0.4) is 0 Å². The van der Waals surface area contributed by atoms with Gasteiger partial charge in [0, 0.05) is 90.8 Å². The van der Waals surface area contributed by atoms with E-state index in [0.29, 0.717) is 0 Å². The molecule has 0 amide bonds. The Labute approximate surface area is 354 Å². The van der Waals surface area contributed by atoms with Crippen molar-refractivity contribution in [1.82, 2.24) is 9.97 Å². The third-order valence-electron chi connectivity index (χ3n) is 6.13. The second kappa shape index (κ2) is 29.1. The van der Waals surface area contributed by atoms with E-state index in [1.54, 1.807) is 24.8 Å². The predicted molar refractivity (Wildman–Crippen MR) is 188 cm³/mol. The van der Waals surface area contributed by atoms with Crippen molar-refractivity contribution in [2.45, 2.75) is 0 Å². The summed E-state index contributed by atoms with van der Waals surface area (Å²) >= 11 is 0. The zero-order valence-corrected chi connectivity index (χ0v) is 36.2. The van der Waals surface area contributed by atoms with Gasteiger partial charge in [-0.2, -0.15) is 41.2 Å². The molecule has 2 radical (unpaired) electrons. The molecule has 0 N–H and O–H groups in total. The van der Waals surface area contributed by atoms with E-state index >= 15 is 0 Å². The van der Waals surface area contributed by atoms with Crippen LogP contribution in [0, 0.1) is 47.1 Å². The molecule has 0 aliphatic rings. The summed E-state index contributed by atoms with van der Waals surface area (Å²) in [5.41, 5.74) is 0. The maximum atomic E-state index is 8.49. The van der Waals surface area contributed by atoms with Gasteiger partial charge in [0.1, 0.15) is 0 Å². The number of halogens is 2. The Hall–Kier alpha value is -2.22. The average molecular weight is 1180 g/mol. The van der Waals surface area contributed by atoms with Gasteiger partial charge in [-0.15, -0.1) is 20.5 Å². The third-order valence-corrected chi connectivity index (χ3v) is 11.3. The minimum Gasteiger partial charge on any atom is -0.265 e. The molecule has 0 aliphatic carbocycles. The predicted octanol–water partition coefficient (Wildman–Crippen LogP) is -0.877. The zero-order chi connectivity index (χ0) is 38.9. The summed E-state index contributed by atoms with van der Waals surface area (Å²) in [6, 6.07) is 52.8. The van der Waals surface area contributed by atoms with Crippen LogP contribution in [-0.2, 0) is 44.8 Å². The normalized spacial score (nSPS) is 10.3. The Morgan fingerprint density at radius 1 is 0.315 bits per heavy atom. The molecule has 0 atom stereocenters. The summed E-state index contributed by atoms with van der Waals surface area (Å²) in [5.74, 6) is 0. The van der Waals surface area contributed by atoms with E-state index in [0.717, 1.165) is 0 Å². The Bertz CT molecular complexity index is 1440. The summed E-state index contributed by atoms with van der Waals surface area (Å²) < 4.78 is 67.9. The molecule has 10 nitrogen and oxygen atoms in total. The van der Waals surface area contributed by atoms with E-state index in [2.05, 4.69) is 85.2 Å². The molecule has 2 aromatic heterocycles. The number of nitrogens with zero attached hydrogens (tertiary/aromatic N) is 2. The van der Waals surface area contributed by atoms with E-state index in [1.165, 1.54) is 21.2 Å². The molecule has 0 fully saturated rings. The number of pyridine rings is 2. The molecule has 0 saturated heterocycles. The molecule has 6 aromatic rings. The number of rotatable bonds is 4. The van der Waals surface area contributed by atoms with Gasteiger partial charge in [0.05, 0.1) is 0 Å². The van der Waals surface area contributed by atoms with Crippen LogP contribution in [0.25, 0.3) is 0 Å². The molecule has 0 bridgehead atoms. The van der Waals surface area contributed by atoms with Crippen molar-refractivity contribution >= 4 is 35.7 Å². The fourth-order valence-corrected chi connectivity index (χ4v) is 7.34. The first-order valence-electron chi connectivity index (χ1n) is 14.7. The minimum absolute atomic E-state index is 0. The summed E-state index contributed by atoms with van der Waals surface area (Å²) in [6.45, 7) is 17.2. The van der Waals surface area contributed by atoms with E-state index in [-0.39, 0.29) is 44.8 Å². The van der Waals surface area contributed by atoms with Gasteiger partial charge in [0.25, 0.3) is 0 Å². The van der Waals surface area contributed by atoms with Gasteiger partial charge in [-0.05, 0) is 72.8 Å². The molecule has 6 rings (SSSR count). The number of hydrogen-bond acceptors (Lipinski definition) is 10. The molecule has 2 heterocycles. The van der Waals surface area contributed by atoms with Crippen LogP contribution < -0.4 is 58.5 Å². The van der Waals surface area contributed by atoms with E-state index < -0.39 is 35.0 Å². The van der Waals surface area contributed by atoms with Gasteiger partial charge < -0.3 is 0 Å². The first-order chi connectivity index (χ1) is 24.4. The minimum atomic E-state index is -4.94. The van der Waals surface area contributed by atoms with Crippen molar-refractivity contribution in [2.24, 2.45) is 0 Å². The van der Waals surface area contributed by atoms with Gasteiger partial charge >= 0.3 is 0 Å². The molecule has 4 aromatic carbocycles. The molecule has 0 saturated carbocycles. The van der Waals surface area contributed by atoms with Crippen molar-refractivity contribution < 1.29 is 103 Å². The Balaban J connectivity index is 0. The van der Waals surface area contributed by atoms with Crippen LogP contribution in [0.2, 0.25) is 0 Å². The van der Waals surface area contributed by atoms with Gasteiger partial charge in [-0.25, -0.2) is 37.3 Å². The smallest absolute Gasteiger partial charge is 0.0408 e. The van der Waals surface area contributed by atoms with Crippen LogP contribution in [0.4, 0.5) is 0 Å². The summed E-state index contributed by atoms with van der Waals surface area (Å²) in [6.07, 6.45) is 7.00. The molecule has 0 spiro atoms. The number of benzene rings is 4. The van der Waals surface area contributed by atoms with Crippen molar-refractivity contribution in [1.29, 1.82) is 0 Å². The second-order valence-corrected chi connectivity index (χ2v) is 17.5. The maximum Gasteiger partial charge on any atom is 0.0408 e.